The summed E-state index contributed by atoms with van der Waals surface area (Å²) >= 11 is 7.80. The highest BCUT2D eigenvalue weighted by molar-refractivity contribution is 7.09. The molecule has 1 aromatic heterocycles. The van der Waals surface area contributed by atoms with Gasteiger partial charge in [0.2, 0.25) is 0 Å². The molecular formula is C14H17ClN2OS. The zero-order valence-corrected chi connectivity index (χ0v) is 12.4. The Balaban J connectivity index is 2.04. The highest BCUT2D eigenvalue weighted by Crippen LogP contribution is 2.29. The van der Waals surface area contributed by atoms with Crippen LogP contribution in [-0.2, 0) is 13.2 Å². The fraction of sp³-hybridized carbons (Fsp3) is 0.357. The molecule has 3 nitrogen and oxygen atoms in total. The van der Waals surface area contributed by atoms with Gasteiger partial charge in [0.15, 0.2) is 0 Å². The summed E-state index contributed by atoms with van der Waals surface area (Å²) < 4.78 is 5.84. The molecule has 0 bridgehead atoms. The van der Waals surface area contributed by atoms with E-state index in [1.165, 1.54) is 0 Å². The average molecular weight is 297 g/mol. The Morgan fingerprint density at radius 3 is 3.05 bits per heavy atom. The van der Waals surface area contributed by atoms with E-state index < -0.39 is 0 Å². The molecule has 1 N–H and O–H groups in total. The van der Waals surface area contributed by atoms with E-state index in [0.29, 0.717) is 11.6 Å². The van der Waals surface area contributed by atoms with Crippen molar-refractivity contribution in [1.82, 2.24) is 10.3 Å². The third kappa shape index (κ3) is 4.20. The van der Waals surface area contributed by atoms with Crippen molar-refractivity contribution in [3.63, 3.8) is 0 Å². The number of para-hydroxylation sites is 1. The van der Waals surface area contributed by atoms with E-state index in [1.807, 2.05) is 24.4 Å². The van der Waals surface area contributed by atoms with Crippen LogP contribution in [0.2, 0.25) is 5.02 Å². The van der Waals surface area contributed by atoms with Gasteiger partial charge in [-0.2, -0.15) is 0 Å². The number of thiazole rings is 1. The molecule has 0 atom stereocenters. The molecule has 2 aromatic rings. The number of ether oxygens (including phenoxy) is 1. The zero-order valence-electron chi connectivity index (χ0n) is 10.9. The van der Waals surface area contributed by atoms with Crippen molar-refractivity contribution in [2.75, 3.05) is 6.54 Å². The molecule has 0 unspecified atom stereocenters. The third-order valence-corrected chi connectivity index (χ3v) is 3.68. The molecule has 5 heteroatoms. The van der Waals surface area contributed by atoms with Gasteiger partial charge < -0.3 is 10.1 Å². The van der Waals surface area contributed by atoms with E-state index >= 15 is 0 Å². The van der Waals surface area contributed by atoms with Crippen molar-refractivity contribution in [1.29, 1.82) is 0 Å². The predicted molar refractivity (Wildman–Crippen MR) is 79.9 cm³/mol. The van der Waals surface area contributed by atoms with E-state index in [0.717, 1.165) is 35.7 Å². The first-order chi connectivity index (χ1) is 9.31. The lowest BCUT2D eigenvalue weighted by molar-refractivity contribution is 0.305. The lowest BCUT2D eigenvalue weighted by atomic mass is 10.2. The van der Waals surface area contributed by atoms with Gasteiger partial charge in [-0.3, -0.25) is 4.98 Å². The number of hydrogen-bond acceptors (Lipinski definition) is 4. The quantitative estimate of drug-likeness (QED) is 0.788. The average Bonchev–Trinajstić information content (AvgIpc) is 2.91. The minimum atomic E-state index is 0.509. The standard InChI is InChI=1S/C14H17ClN2OS/c1-2-6-16-7-11-4-3-5-13(15)14(11)18-9-12-8-17-10-19-12/h3-5,8,10,16H,2,6-7,9H2,1H3. The molecule has 0 saturated heterocycles. The zero-order chi connectivity index (χ0) is 13.5. The van der Waals surface area contributed by atoms with Crippen molar-refractivity contribution in [3.05, 3.63) is 45.4 Å². The summed E-state index contributed by atoms with van der Waals surface area (Å²) in [5.74, 6) is 0.765. The fourth-order valence-electron chi connectivity index (χ4n) is 1.71. The molecule has 0 aliphatic carbocycles. The molecule has 0 amide bonds. The molecule has 0 aliphatic heterocycles. The van der Waals surface area contributed by atoms with Gasteiger partial charge in [0.25, 0.3) is 0 Å². The second kappa shape index (κ2) is 7.48. The van der Waals surface area contributed by atoms with E-state index in [9.17, 15) is 0 Å². The first-order valence-corrected chi connectivity index (χ1v) is 7.55. The van der Waals surface area contributed by atoms with Gasteiger partial charge in [-0.15, -0.1) is 11.3 Å². The van der Waals surface area contributed by atoms with Crippen LogP contribution < -0.4 is 10.1 Å². The minimum absolute atomic E-state index is 0.509. The highest BCUT2D eigenvalue weighted by Gasteiger charge is 2.08. The number of rotatable bonds is 7. The van der Waals surface area contributed by atoms with Crippen LogP contribution >= 0.6 is 22.9 Å². The summed E-state index contributed by atoms with van der Waals surface area (Å²) in [4.78, 5) is 5.12. The lowest BCUT2D eigenvalue weighted by Crippen LogP contribution is -2.14. The number of nitrogens with zero attached hydrogens (tertiary/aromatic N) is 1. The first-order valence-electron chi connectivity index (χ1n) is 6.29. The molecule has 0 radical (unpaired) electrons. The molecule has 0 fully saturated rings. The summed E-state index contributed by atoms with van der Waals surface area (Å²) in [5, 5.41) is 4.02. The number of aromatic nitrogens is 1. The third-order valence-electron chi connectivity index (χ3n) is 2.63. The van der Waals surface area contributed by atoms with Crippen LogP contribution in [0.1, 0.15) is 23.8 Å². The summed E-state index contributed by atoms with van der Waals surface area (Å²) in [6.45, 7) is 4.41. The highest BCUT2D eigenvalue weighted by atomic mass is 35.5. The number of benzene rings is 1. The van der Waals surface area contributed by atoms with Crippen molar-refractivity contribution in [2.24, 2.45) is 0 Å². The fourth-order valence-corrected chi connectivity index (χ4v) is 2.47. The monoisotopic (exact) mass is 296 g/mol. The maximum absolute atomic E-state index is 6.22. The number of hydrogen-bond donors (Lipinski definition) is 1. The summed E-state index contributed by atoms with van der Waals surface area (Å²) in [6, 6.07) is 5.84. The van der Waals surface area contributed by atoms with Crippen molar-refractivity contribution in [2.45, 2.75) is 26.5 Å². The van der Waals surface area contributed by atoms with E-state index in [4.69, 9.17) is 16.3 Å². The van der Waals surface area contributed by atoms with E-state index in [-0.39, 0.29) is 0 Å². The molecule has 0 aliphatic rings. The van der Waals surface area contributed by atoms with Crippen molar-refractivity contribution in [3.8, 4) is 5.75 Å². The molecule has 1 heterocycles. The summed E-state index contributed by atoms with van der Waals surface area (Å²) in [6.07, 6.45) is 2.92. The Morgan fingerprint density at radius 2 is 2.32 bits per heavy atom. The van der Waals surface area contributed by atoms with Crippen LogP contribution in [0.5, 0.6) is 5.75 Å². The maximum atomic E-state index is 6.22. The Hall–Kier alpha value is -1.10. The number of halogens is 1. The SMILES string of the molecule is CCCNCc1cccc(Cl)c1OCc1cncs1. The second-order valence-corrected chi connectivity index (χ2v) is 5.54. The van der Waals surface area contributed by atoms with Gasteiger partial charge in [0.05, 0.1) is 15.4 Å². The Labute approximate surface area is 122 Å². The van der Waals surface area contributed by atoms with Crippen LogP contribution in [0.25, 0.3) is 0 Å². The van der Waals surface area contributed by atoms with E-state index in [2.05, 4.69) is 17.2 Å². The molecular weight excluding hydrogens is 280 g/mol. The van der Waals surface area contributed by atoms with Gasteiger partial charge in [-0.25, -0.2) is 0 Å². The normalized spacial score (nSPS) is 10.6. The smallest absolute Gasteiger partial charge is 0.142 e. The number of nitrogens with one attached hydrogen (secondary N) is 1. The second-order valence-electron chi connectivity index (χ2n) is 4.16. The van der Waals surface area contributed by atoms with Crippen LogP contribution in [0, 0.1) is 0 Å². The summed E-state index contributed by atoms with van der Waals surface area (Å²) in [5.41, 5.74) is 2.89. The topological polar surface area (TPSA) is 34.1 Å². The Bertz CT molecular complexity index is 502. The van der Waals surface area contributed by atoms with Crippen LogP contribution in [0.15, 0.2) is 29.9 Å². The van der Waals surface area contributed by atoms with Gasteiger partial charge in [-0.1, -0.05) is 30.7 Å². The summed E-state index contributed by atoms with van der Waals surface area (Å²) in [7, 11) is 0. The molecule has 0 spiro atoms. The Kier molecular flexibility index (Phi) is 5.63. The molecule has 102 valence electrons. The van der Waals surface area contributed by atoms with E-state index in [1.54, 1.807) is 16.8 Å². The van der Waals surface area contributed by atoms with Crippen LogP contribution in [-0.4, -0.2) is 11.5 Å². The van der Waals surface area contributed by atoms with Crippen LogP contribution in [0.3, 0.4) is 0 Å². The van der Waals surface area contributed by atoms with Gasteiger partial charge >= 0.3 is 0 Å². The van der Waals surface area contributed by atoms with Gasteiger partial charge in [-0.05, 0) is 19.0 Å². The minimum Gasteiger partial charge on any atom is -0.486 e. The molecule has 0 saturated carbocycles. The van der Waals surface area contributed by atoms with Gasteiger partial charge in [0, 0.05) is 18.3 Å². The maximum Gasteiger partial charge on any atom is 0.142 e. The largest absolute Gasteiger partial charge is 0.486 e. The molecule has 19 heavy (non-hydrogen) atoms. The molecule has 2 rings (SSSR count). The van der Waals surface area contributed by atoms with Crippen LogP contribution in [0.4, 0.5) is 0 Å². The van der Waals surface area contributed by atoms with Gasteiger partial charge in [0.1, 0.15) is 12.4 Å². The predicted octanol–water partition coefficient (Wildman–Crippen LogP) is 3.88. The Morgan fingerprint density at radius 1 is 1.42 bits per heavy atom. The molecule has 1 aromatic carbocycles. The van der Waals surface area contributed by atoms with Crippen molar-refractivity contribution < 1.29 is 4.74 Å². The lowest BCUT2D eigenvalue weighted by Gasteiger charge is -2.13. The first kappa shape index (κ1) is 14.3. The van der Waals surface area contributed by atoms with Crippen molar-refractivity contribution >= 4 is 22.9 Å².